The molecule has 9 heteroatoms. The van der Waals surface area contributed by atoms with Gasteiger partial charge in [-0.05, 0) is 6.42 Å². The van der Waals surface area contributed by atoms with Gasteiger partial charge in [-0.2, -0.15) is 0 Å². The summed E-state index contributed by atoms with van der Waals surface area (Å²) in [6.45, 7) is 5.04. The Kier molecular flexibility index (Phi) is 22.6. The van der Waals surface area contributed by atoms with Crippen molar-refractivity contribution in [3.8, 4) is 0 Å². The first kappa shape index (κ1) is 28.9. The first-order chi connectivity index (χ1) is 14.1. The number of hydrogen-bond donors (Lipinski definition) is 1. The average Bonchev–Trinajstić information content (AvgIpc) is 2.71. The van der Waals surface area contributed by atoms with E-state index in [1.807, 2.05) is 0 Å². The van der Waals surface area contributed by atoms with Crippen LogP contribution >= 0.6 is 7.82 Å². The van der Waals surface area contributed by atoms with Crippen molar-refractivity contribution in [1.29, 1.82) is 0 Å². The molecule has 1 unspecified atom stereocenters. The van der Waals surface area contributed by atoms with Crippen LogP contribution in [-0.2, 0) is 27.8 Å². The van der Waals surface area contributed by atoms with E-state index in [0.29, 0.717) is 26.4 Å². The Bertz CT molecular complexity index is 375. The number of nitrogens with two attached hydrogens (primary N) is 1. The van der Waals surface area contributed by atoms with Crippen molar-refractivity contribution in [2.24, 2.45) is 5.73 Å². The molecule has 0 aromatic carbocycles. The Balaban J connectivity index is 3.13. The van der Waals surface area contributed by atoms with Gasteiger partial charge in [0, 0.05) is 13.2 Å². The smallest absolute Gasteiger partial charge is 0.267 e. The van der Waals surface area contributed by atoms with Gasteiger partial charge in [-0.3, -0.25) is 4.57 Å². The van der Waals surface area contributed by atoms with E-state index in [1.54, 1.807) is 0 Å². The molecule has 1 atom stereocenters. The van der Waals surface area contributed by atoms with E-state index in [9.17, 15) is 9.46 Å². The summed E-state index contributed by atoms with van der Waals surface area (Å²) in [5.74, 6) is 0. The molecule has 0 radical (unpaired) electrons. The molecule has 0 amide bonds. The third-order valence-corrected chi connectivity index (χ3v) is 5.23. The summed E-state index contributed by atoms with van der Waals surface area (Å²) >= 11 is 0. The van der Waals surface area contributed by atoms with Gasteiger partial charge in [0.2, 0.25) is 0 Å². The topological polar surface area (TPSA) is 112 Å². The lowest BCUT2D eigenvalue weighted by Gasteiger charge is -2.22. The molecular weight excluding hydrogens is 397 g/mol. The van der Waals surface area contributed by atoms with Crippen molar-refractivity contribution < 1.29 is 32.7 Å². The maximum absolute atomic E-state index is 11.2. The van der Waals surface area contributed by atoms with E-state index < -0.39 is 7.82 Å². The van der Waals surface area contributed by atoms with Crippen LogP contribution in [0.25, 0.3) is 0 Å². The van der Waals surface area contributed by atoms with Crippen LogP contribution in [0.1, 0.15) is 71.1 Å². The molecule has 0 saturated carbocycles. The first-order valence-electron chi connectivity index (χ1n) is 11.2. The second kappa shape index (κ2) is 22.6. The average molecular weight is 441 g/mol. The third kappa shape index (κ3) is 24.1. The minimum atomic E-state index is -4.26. The number of phosphoric ester groups is 1. The van der Waals surface area contributed by atoms with Crippen molar-refractivity contribution in [3.63, 3.8) is 0 Å². The van der Waals surface area contributed by atoms with Gasteiger partial charge in [0.15, 0.2) is 0 Å². The van der Waals surface area contributed by atoms with Crippen molar-refractivity contribution in [2.75, 3.05) is 59.4 Å². The number of hydrogen-bond acceptors (Lipinski definition) is 8. The highest BCUT2D eigenvalue weighted by molar-refractivity contribution is 7.45. The largest absolute Gasteiger partial charge is 0.756 e. The maximum Gasteiger partial charge on any atom is 0.267 e. The highest BCUT2D eigenvalue weighted by Gasteiger charge is 2.07. The summed E-state index contributed by atoms with van der Waals surface area (Å²) in [7, 11) is -4.26. The quantitative estimate of drug-likeness (QED) is 0.179. The summed E-state index contributed by atoms with van der Waals surface area (Å²) in [5, 5.41) is 0. The molecule has 0 saturated heterocycles. The molecule has 0 bridgehead atoms. The van der Waals surface area contributed by atoms with Crippen molar-refractivity contribution in [1.82, 2.24) is 0 Å². The predicted molar refractivity (Wildman–Crippen MR) is 113 cm³/mol. The molecule has 0 heterocycles. The van der Waals surface area contributed by atoms with E-state index >= 15 is 0 Å². The predicted octanol–water partition coefficient (Wildman–Crippen LogP) is 3.42. The molecule has 0 aliphatic heterocycles. The molecular formula is C20H43NO7P-. The van der Waals surface area contributed by atoms with Gasteiger partial charge in [-0.1, -0.05) is 64.7 Å². The number of phosphoric acid groups is 1. The lowest BCUT2D eigenvalue weighted by atomic mass is 10.1. The normalized spacial score (nSPS) is 13.6. The molecule has 8 nitrogen and oxygen atoms in total. The molecule has 0 aliphatic rings. The van der Waals surface area contributed by atoms with Crippen molar-refractivity contribution in [3.05, 3.63) is 0 Å². The van der Waals surface area contributed by atoms with Gasteiger partial charge in [-0.25, -0.2) is 0 Å². The lowest BCUT2D eigenvalue weighted by Crippen LogP contribution is -2.16. The summed E-state index contributed by atoms with van der Waals surface area (Å²) in [6.07, 6.45) is 13.2. The van der Waals surface area contributed by atoms with Crippen LogP contribution < -0.4 is 10.6 Å². The fourth-order valence-electron chi connectivity index (χ4n) is 2.64. The van der Waals surface area contributed by atoms with Crippen LogP contribution in [-0.4, -0.2) is 59.4 Å². The summed E-state index contributed by atoms with van der Waals surface area (Å²) in [6, 6.07) is 0. The Morgan fingerprint density at radius 1 is 0.621 bits per heavy atom. The molecule has 0 rings (SSSR count). The molecule has 2 N–H and O–H groups in total. The van der Waals surface area contributed by atoms with E-state index in [0.717, 1.165) is 13.0 Å². The van der Waals surface area contributed by atoms with E-state index in [4.69, 9.17) is 19.9 Å². The van der Waals surface area contributed by atoms with Gasteiger partial charge in [0.25, 0.3) is 7.82 Å². The second-order valence-corrected chi connectivity index (χ2v) is 8.33. The SMILES string of the molecule is CCCCCCCCCCCCOCCOCCOCCOP(=O)([O-])OCCN. The Hall–Kier alpha value is -0.0500. The van der Waals surface area contributed by atoms with Crippen LogP contribution in [0.2, 0.25) is 0 Å². The molecule has 0 fully saturated rings. The second-order valence-electron chi connectivity index (χ2n) is 6.92. The standard InChI is InChI=1S/C20H44NO7P/c1-2-3-4-5-6-7-8-9-10-11-13-24-15-16-25-17-18-26-19-20-28-29(22,23)27-14-12-21/h2-21H2,1H3,(H,22,23)/p-1. The first-order valence-corrected chi connectivity index (χ1v) is 12.6. The Morgan fingerprint density at radius 3 is 1.55 bits per heavy atom. The molecule has 0 spiro atoms. The van der Waals surface area contributed by atoms with E-state index in [-0.39, 0.29) is 26.4 Å². The highest BCUT2D eigenvalue weighted by atomic mass is 31.2. The Morgan fingerprint density at radius 2 is 1.03 bits per heavy atom. The third-order valence-electron chi connectivity index (χ3n) is 4.23. The zero-order valence-electron chi connectivity index (χ0n) is 18.3. The zero-order chi connectivity index (χ0) is 21.5. The van der Waals surface area contributed by atoms with Crippen LogP contribution in [0.5, 0.6) is 0 Å². The van der Waals surface area contributed by atoms with Crippen LogP contribution in [0.3, 0.4) is 0 Å². The summed E-state index contributed by atoms with van der Waals surface area (Å²) in [5.41, 5.74) is 5.15. The Labute approximate surface area is 177 Å². The fourth-order valence-corrected chi connectivity index (χ4v) is 3.34. The molecule has 0 aliphatic carbocycles. The number of unbranched alkanes of at least 4 members (excludes halogenated alkanes) is 9. The van der Waals surface area contributed by atoms with Gasteiger partial charge < -0.3 is 33.9 Å². The lowest BCUT2D eigenvalue weighted by molar-refractivity contribution is -0.226. The fraction of sp³-hybridized carbons (Fsp3) is 1.00. The van der Waals surface area contributed by atoms with Gasteiger partial charge >= 0.3 is 0 Å². The summed E-state index contributed by atoms with van der Waals surface area (Å²) in [4.78, 5) is 11.2. The molecule has 176 valence electrons. The summed E-state index contributed by atoms with van der Waals surface area (Å²) < 4.78 is 36.4. The minimum absolute atomic E-state index is 0.0866. The highest BCUT2D eigenvalue weighted by Crippen LogP contribution is 2.37. The number of rotatable bonds is 24. The van der Waals surface area contributed by atoms with Crippen LogP contribution in [0.15, 0.2) is 0 Å². The van der Waals surface area contributed by atoms with Gasteiger partial charge in [0.05, 0.1) is 46.2 Å². The maximum atomic E-state index is 11.2. The van der Waals surface area contributed by atoms with Gasteiger partial charge in [0.1, 0.15) is 0 Å². The van der Waals surface area contributed by atoms with Crippen LogP contribution in [0.4, 0.5) is 0 Å². The molecule has 0 aromatic heterocycles. The molecule has 29 heavy (non-hydrogen) atoms. The van der Waals surface area contributed by atoms with Gasteiger partial charge in [-0.15, -0.1) is 0 Å². The number of ether oxygens (including phenoxy) is 3. The van der Waals surface area contributed by atoms with E-state index in [1.165, 1.54) is 57.8 Å². The zero-order valence-corrected chi connectivity index (χ0v) is 19.2. The van der Waals surface area contributed by atoms with Crippen molar-refractivity contribution >= 4 is 7.82 Å². The van der Waals surface area contributed by atoms with Crippen molar-refractivity contribution in [2.45, 2.75) is 71.1 Å². The monoisotopic (exact) mass is 440 g/mol. The molecule has 0 aromatic rings. The van der Waals surface area contributed by atoms with Crippen LogP contribution in [0, 0.1) is 0 Å². The van der Waals surface area contributed by atoms with E-state index in [2.05, 4.69) is 16.0 Å². The minimum Gasteiger partial charge on any atom is -0.756 e.